The summed E-state index contributed by atoms with van der Waals surface area (Å²) in [5.74, 6) is -6.42. The van der Waals surface area contributed by atoms with Crippen molar-refractivity contribution in [2.45, 2.75) is 49.4 Å². The van der Waals surface area contributed by atoms with E-state index in [2.05, 4.69) is 10.3 Å². The van der Waals surface area contributed by atoms with Crippen molar-refractivity contribution in [1.29, 1.82) is 5.26 Å². The second-order valence-corrected chi connectivity index (χ2v) is 10.5. The van der Waals surface area contributed by atoms with Gasteiger partial charge < -0.3 is 10.4 Å². The molecule has 0 bridgehead atoms. The maximum atomic E-state index is 14.5. The van der Waals surface area contributed by atoms with Gasteiger partial charge in [-0.3, -0.25) is 24.2 Å². The highest BCUT2D eigenvalue weighted by atomic mass is 35.5. The van der Waals surface area contributed by atoms with Gasteiger partial charge in [0.2, 0.25) is 5.91 Å². The number of nitrogens with zero attached hydrogens (tertiary/aromatic N) is 4. The normalized spacial score (nSPS) is 20.4. The summed E-state index contributed by atoms with van der Waals surface area (Å²) in [6, 6.07) is 11.5. The summed E-state index contributed by atoms with van der Waals surface area (Å²) in [5.41, 5.74) is 0.154. The monoisotopic (exact) mass is 597 g/mol. The number of pyridine rings is 1. The first-order valence-electron chi connectivity index (χ1n) is 12.9. The average Bonchev–Trinajstić information content (AvgIpc) is 3.24. The van der Waals surface area contributed by atoms with E-state index in [9.17, 15) is 37.9 Å². The molecule has 0 unspecified atom stereocenters. The van der Waals surface area contributed by atoms with Crippen LogP contribution in [0, 0.1) is 17.1 Å². The van der Waals surface area contributed by atoms with Crippen LogP contribution in [0.4, 0.5) is 24.7 Å². The van der Waals surface area contributed by atoms with E-state index < -0.39 is 73.0 Å². The van der Waals surface area contributed by atoms with Gasteiger partial charge in [0.1, 0.15) is 29.8 Å². The topological polar surface area (TPSA) is 127 Å². The molecule has 3 atom stereocenters. The van der Waals surface area contributed by atoms with Crippen LogP contribution in [-0.2, 0) is 14.4 Å². The summed E-state index contributed by atoms with van der Waals surface area (Å²) >= 11 is 6.47. The summed E-state index contributed by atoms with van der Waals surface area (Å²) in [7, 11) is 0. The lowest BCUT2D eigenvalue weighted by Gasteiger charge is -2.39. The predicted octanol–water partition coefficient (Wildman–Crippen LogP) is 3.90. The maximum absolute atomic E-state index is 14.5. The fourth-order valence-corrected chi connectivity index (χ4v) is 5.40. The molecule has 2 heterocycles. The fraction of sp³-hybridized carbons (Fsp3) is 0.276. The molecule has 216 valence electrons. The van der Waals surface area contributed by atoms with Gasteiger partial charge in [-0.25, -0.2) is 18.2 Å². The van der Waals surface area contributed by atoms with E-state index in [1.807, 2.05) is 6.07 Å². The zero-order valence-electron chi connectivity index (χ0n) is 21.8. The predicted molar refractivity (Wildman–Crippen MR) is 145 cm³/mol. The number of aliphatic hydroxyl groups is 1. The van der Waals surface area contributed by atoms with Crippen LogP contribution in [-0.4, -0.2) is 51.9 Å². The number of anilines is 2. The Bertz CT molecular complexity index is 1590. The number of alkyl halides is 2. The first-order valence-corrected chi connectivity index (χ1v) is 13.3. The van der Waals surface area contributed by atoms with Gasteiger partial charge in [-0.1, -0.05) is 35.9 Å². The zero-order valence-corrected chi connectivity index (χ0v) is 22.5. The second kappa shape index (κ2) is 11.4. The molecule has 0 spiro atoms. The van der Waals surface area contributed by atoms with E-state index in [1.54, 1.807) is 12.1 Å². The summed E-state index contributed by atoms with van der Waals surface area (Å²) in [6.45, 7) is 0. The lowest BCUT2D eigenvalue weighted by molar-refractivity contribution is -0.133. The Morgan fingerprint density at radius 1 is 1.17 bits per heavy atom. The van der Waals surface area contributed by atoms with Crippen LogP contribution in [0.25, 0.3) is 0 Å². The van der Waals surface area contributed by atoms with Crippen LogP contribution < -0.4 is 15.1 Å². The third-order valence-corrected chi connectivity index (χ3v) is 7.50. The molecule has 1 saturated carbocycles. The number of benzene rings is 2. The molecule has 3 amide bonds. The molecule has 3 aromatic rings. The first kappa shape index (κ1) is 29.0. The molecule has 1 saturated heterocycles. The van der Waals surface area contributed by atoms with E-state index in [1.165, 1.54) is 42.6 Å². The number of aliphatic hydroxyl groups excluding tert-OH is 1. The largest absolute Gasteiger partial charge is 0.383 e. The lowest BCUT2D eigenvalue weighted by atomic mass is 9.87. The van der Waals surface area contributed by atoms with Gasteiger partial charge >= 0.3 is 0 Å². The Balaban J connectivity index is 1.63. The number of aromatic nitrogens is 1. The van der Waals surface area contributed by atoms with Crippen LogP contribution in [0.5, 0.6) is 0 Å². The molecule has 13 heteroatoms. The number of halogens is 4. The molecule has 2 fully saturated rings. The third-order valence-electron chi connectivity index (χ3n) is 7.15. The van der Waals surface area contributed by atoms with Crippen molar-refractivity contribution in [2.24, 2.45) is 0 Å². The Morgan fingerprint density at radius 2 is 1.90 bits per heavy atom. The summed E-state index contributed by atoms with van der Waals surface area (Å²) < 4.78 is 41.7. The molecule has 0 radical (unpaired) electrons. The van der Waals surface area contributed by atoms with Crippen LogP contribution in [0.1, 0.15) is 36.4 Å². The van der Waals surface area contributed by atoms with E-state index in [4.69, 9.17) is 11.6 Å². The van der Waals surface area contributed by atoms with Crippen molar-refractivity contribution in [3.05, 3.63) is 88.8 Å². The van der Waals surface area contributed by atoms with Gasteiger partial charge in [0.15, 0.2) is 0 Å². The second-order valence-electron chi connectivity index (χ2n) is 10.1. The van der Waals surface area contributed by atoms with Crippen molar-refractivity contribution in [3.8, 4) is 6.07 Å². The fourth-order valence-electron chi connectivity index (χ4n) is 5.16. The van der Waals surface area contributed by atoms with Crippen molar-refractivity contribution < 1.29 is 32.7 Å². The smallest absolute Gasteiger partial charge is 0.257 e. The Morgan fingerprint density at radius 3 is 2.57 bits per heavy atom. The van der Waals surface area contributed by atoms with Crippen LogP contribution >= 0.6 is 11.6 Å². The highest BCUT2D eigenvalue weighted by molar-refractivity contribution is 6.31. The zero-order chi connectivity index (χ0) is 30.2. The number of nitrogens with one attached hydrogen (secondary N) is 1. The average molecular weight is 598 g/mol. The highest BCUT2D eigenvalue weighted by Crippen LogP contribution is 2.40. The quantitative estimate of drug-likeness (QED) is 0.425. The summed E-state index contributed by atoms with van der Waals surface area (Å²) in [5, 5.41) is 22.4. The van der Waals surface area contributed by atoms with E-state index in [-0.39, 0.29) is 27.7 Å². The maximum Gasteiger partial charge on any atom is 0.257 e. The number of hydrogen-bond acceptors (Lipinski definition) is 6. The SMILES string of the molecule is N#Cc1ccnc(N2C(=O)[C@H](O)C[C@H]2C(=O)N(c2cccc(F)c2)[C@@H](C(=O)NC2CC(F)(F)C2)c2ccccc2Cl)c1. The van der Waals surface area contributed by atoms with Gasteiger partial charge in [0, 0.05) is 47.8 Å². The minimum Gasteiger partial charge on any atom is -0.383 e. The Labute approximate surface area is 243 Å². The molecule has 2 N–H and O–H groups in total. The molecule has 9 nitrogen and oxygen atoms in total. The van der Waals surface area contributed by atoms with Crippen LogP contribution in [0.2, 0.25) is 5.02 Å². The van der Waals surface area contributed by atoms with Crippen molar-refractivity contribution >= 4 is 40.8 Å². The minimum absolute atomic E-state index is 0.0635. The van der Waals surface area contributed by atoms with Crippen molar-refractivity contribution in [2.75, 3.05) is 9.80 Å². The van der Waals surface area contributed by atoms with Crippen LogP contribution in [0.3, 0.4) is 0 Å². The number of nitriles is 1. The molecular weight excluding hydrogens is 575 g/mol. The van der Waals surface area contributed by atoms with E-state index >= 15 is 0 Å². The van der Waals surface area contributed by atoms with Gasteiger partial charge in [0.25, 0.3) is 17.7 Å². The molecular formula is C29H23ClF3N5O4. The number of carbonyl (C=O) groups is 3. The van der Waals surface area contributed by atoms with Gasteiger partial charge in [-0.15, -0.1) is 0 Å². The van der Waals surface area contributed by atoms with Crippen molar-refractivity contribution in [3.63, 3.8) is 0 Å². The van der Waals surface area contributed by atoms with Gasteiger partial charge in [-0.2, -0.15) is 5.26 Å². The molecule has 1 aliphatic carbocycles. The highest BCUT2D eigenvalue weighted by Gasteiger charge is 2.50. The molecule has 2 aliphatic rings. The van der Waals surface area contributed by atoms with Crippen LogP contribution in [0.15, 0.2) is 66.9 Å². The molecule has 2 aromatic carbocycles. The summed E-state index contributed by atoms with van der Waals surface area (Å²) in [4.78, 5) is 47.3. The molecule has 1 aromatic heterocycles. The Hall–Kier alpha value is -4.47. The third kappa shape index (κ3) is 5.66. The molecule has 5 rings (SSSR count). The van der Waals surface area contributed by atoms with Gasteiger partial charge in [-0.05, 0) is 36.4 Å². The number of carbonyl (C=O) groups excluding carboxylic acids is 3. The lowest BCUT2D eigenvalue weighted by Crippen LogP contribution is -2.56. The first-order chi connectivity index (χ1) is 20.0. The number of rotatable bonds is 7. The van der Waals surface area contributed by atoms with E-state index in [0.29, 0.717) is 0 Å². The molecule has 1 aliphatic heterocycles. The number of hydrogen-bond donors (Lipinski definition) is 2. The standard InChI is InChI=1S/C29H23ClF3N5O4/c30-21-7-2-1-6-20(21)25(26(40)36-18-13-29(32,33)14-18)37(19-5-3-4-17(31)11-19)27(41)22-12-23(39)28(42)38(22)24-10-16(15-34)8-9-35-24/h1-11,18,22-23,25,39H,12-14H2,(H,36,40)/t22-,23+,25+/m0/s1. The number of amides is 3. The van der Waals surface area contributed by atoms with Gasteiger partial charge in [0.05, 0.1) is 11.6 Å². The summed E-state index contributed by atoms with van der Waals surface area (Å²) in [6.07, 6.45) is -1.97. The minimum atomic E-state index is -2.94. The van der Waals surface area contributed by atoms with E-state index in [0.717, 1.165) is 21.9 Å². The van der Waals surface area contributed by atoms with Crippen molar-refractivity contribution in [1.82, 2.24) is 10.3 Å². The Kier molecular flexibility index (Phi) is 7.90. The molecule has 42 heavy (non-hydrogen) atoms.